The van der Waals surface area contributed by atoms with Crippen molar-refractivity contribution < 1.29 is 14.0 Å². The van der Waals surface area contributed by atoms with Gasteiger partial charge >= 0.3 is 0 Å². The Morgan fingerprint density at radius 2 is 1.37 bits per heavy atom. The van der Waals surface area contributed by atoms with Crippen molar-refractivity contribution in [3.8, 4) is 0 Å². The molecule has 0 bridgehead atoms. The number of aldehydes is 1. The average Bonchev–Trinajstić information content (AvgIpc) is 3.40. The zero-order valence-corrected chi connectivity index (χ0v) is 26.8. The molecule has 0 aliphatic heterocycles. The smallest absolute Gasteiger partial charge is 0.288 e. The summed E-state index contributed by atoms with van der Waals surface area (Å²) < 4.78 is 13.9. The van der Waals surface area contributed by atoms with Crippen LogP contribution in [0.15, 0.2) is 103 Å². The van der Waals surface area contributed by atoms with Gasteiger partial charge in [-0.25, -0.2) is 0 Å². The van der Waals surface area contributed by atoms with E-state index in [1.54, 1.807) is 0 Å². The van der Waals surface area contributed by atoms with E-state index >= 15 is 0 Å². The second-order valence-electron chi connectivity index (χ2n) is 13.8. The van der Waals surface area contributed by atoms with Crippen LogP contribution in [0, 0.1) is 28.6 Å². The van der Waals surface area contributed by atoms with Gasteiger partial charge in [0.1, 0.15) is 6.29 Å². The zero-order valence-electron chi connectivity index (χ0n) is 25.8. The average molecular weight is 591 g/mol. The van der Waals surface area contributed by atoms with E-state index in [0.29, 0.717) is 23.9 Å². The molecule has 4 heteroatoms. The number of fused-ring (bicyclic) bond motifs is 5. The van der Waals surface area contributed by atoms with Gasteiger partial charge in [0.2, 0.25) is 0 Å². The van der Waals surface area contributed by atoms with Gasteiger partial charge in [0.15, 0.2) is 0 Å². The first-order valence-electron chi connectivity index (χ1n) is 16.7. The van der Waals surface area contributed by atoms with E-state index < -0.39 is 8.32 Å². The van der Waals surface area contributed by atoms with Gasteiger partial charge in [-0.1, -0.05) is 110 Å². The molecule has 3 nitrogen and oxygen atoms in total. The highest BCUT2D eigenvalue weighted by Crippen LogP contribution is 2.65. The number of carbonyl (C=O) groups is 1. The van der Waals surface area contributed by atoms with Crippen LogP contribution in [0.5, 0.6) is 0 Å². The highest BCUT2D eigenvalue weighted by molar-refractivity contribution is 7.07. The van der Waals surface area contributed by atoms with Gasteiger partial charge in [0, 0.05) is 6.61 Å². The lowest BCUT2D eigenvalue weighted by atomic mass is 9.47. The molecule has 3 aromatic carbocycles. The first kappa shape index (κ1) is 28.9. The fourth-order valence-corrected chi connectivity index (χ4v) is 14.1. The topological polar surface area (TPSA) is 35.5 Å². The lowest BCUT2D eigenvalue weighted by Crippen LogP contribution is -2.70. The summed E-state index contributed by atoms with van der Waals surface area (Å²) in [6, 6.07) is 32.6. The van der Waals surface area contributed by atoms with Crippen LogP contribution in [0.4, 0.5) is 0 Å². The number of hydrogen-bond donors (Lipinski definition) is 0. The Morgan fingerprint density at radius 3 is 1.93 bits per heavy atom. The van der Waals surface area contributed by atoms with Crippen molar-refractivity contribution in [3.05, 3.63) is 103 Å². The molecule has 0 N–H and O–H groups in total. The van der Waals surface area contributed by atoms with Crippen LogP contribution in [-0.4, -0.2) is 33.4 Å². The van der Waals surface area contributed by atoms with Crippen molar-refractivity contribution in [1.82, 2.24) is 0 Å². The van der Waals surface area contributed by atoms with Crippen LogP contribution in [0.1, 0.15) is 65.2 Å². The van der Waals surface area contributed by atoms with Gasteiger partial charge < -0.3 is 14.0 Å². The number of ether oxygens (including phenoxy) is 1. The maximum atomic E-state index is 13.3. The number of hydrogen-bond acceptors (Lipinski definition) is 3. The highest BCUT2D eigenvalue weighted by Gasteiger charge is 2.61. The monoisotopic (exact) mass is 590 g/mol. The third-order valence-electron chi connectivity index (χ3n) is 12.0. The molecule has 4 aliphatic carbocycles. The van der Waals surface area contributed by atoms with E-state index in [1.807, 2.05) is 0 Å². The van der Waals surface area contributed by atoms with Crippen molar-refractivity contribution in [1.29, 1.82) is 0 Å². The van der Waals surface area contributed by atoms with Gasteiger partial charge in [-0.2, -0.15) is 0 Å². The molecule has 7 rings (SSSR count). The Labute approximate surface area is 258 Å². The van der Waals surface area contributed by atoms with Gasteiger partial charge in [0.25, 0.3) is 8.32 Å². The van der Waals surface area contributed by atoms with Gasteiger partial charge in [-0.05, 0) is 97.0 Å². The Bertz CT molecular complexity index is 1340. The third-order valence-corrected chi connectivity index (χ3v) is 16.1. The minimum atomic E-state index is -2.83. The summed E-state index contributed by atoms with van der Waals surface area (Å²) in [6.45, 7) is 5.42. The molecule has 0 spiro atoms. The van der Waals surface area contributed by atoms with E-state index in [9.17, 15) is 4.79 Å². The largest absolute Gasteiger partial charge is 0.398 e. The van der Waals surface area contributed by atoms with E-state index in [2.05, 4.69) is 111 Å². The molecule has 0 radical (unpaired) electrons. The summed E-state index contributed by atoms with van der Waals surface area (Å²) in [5.41, 5.74) is 1.29. The van der Waals surface area contributed by atoms with Crippen LogP contribution in [0.2, 0.25) is 0 Å². The summed E-state index contributed by atoms with van der Waals surface area (Å²) in [6.07, 6.45) is 12.9. The Balaban J connectivity index is 1.25. The molecule has 7 atom stereocenters. The normalized spacial score (nSPS) is 33.5. The second-order valence-corrected chi connectivity index (χ2v) is 17.1. The van der Waals surface area contributed by atoms with E-state index in [1.165, 1.54) is 53.1 Å². The SMILES string of the molecule is CCO[C@H]1CC[C@H]2[C@@H]3CCC4=C[C@@H](O[Si](c5ccccc5)(c5ccccc5)c5ccccc5)CC[C@]4(C=O)[C@H]3CC[C@]12C. The molecular weight excluding hydrogens is 545 g/mol. The van der Waals surface area contributed by atoms with Crippen LogP contribution in [-0.2, 0) is 14.0 Å². The third kappa shape index (κ3) is 4.64. The molecule has 43 heavy (non-hydrogen) atoms. The number of carbonyl (C=O) groups excluding carboxylic acids is 1. The predicted molar refractivity (Wildman–Crippen MR) is 176 cm³/mol. The zero-order chi connectivity index (χ0) is 29.5. The lowest BCUT2D eigenvalue weighted by molar-refractivity contribution is -0.130. The summed E-state index contributed by atoms with van der Waals surface area (Å²) in [4.78, 5) is 13.3. The summed E-state index contributed by atoms with van der Waals surface area (Å²) >= 11 is 0. The lowest BCUT2D eigenvalue weighted by Gasteiger charge is -2.57. The minimum Gasteiger partial charge on any atom is -0.398 e. The first-order chi connectivity index (χ1) is 21.0. The molecule has 224 valence electrons. The van der Waals surface area contributed by atoms with Crippen molar-refractivity contribution in [2.75, 3.05) is 6.61 Å². The number of benzene rings is 3. The Hall–Kier alpha value is -2.79. The van der Waals surface area contributed by atoms with Crippen LogP contribution in [0.3, 0.4) is 0 Å². The van der Waals surface area contributed by atoms with Crippen LogP contribution < -0.4 is 15.6 Å². The minimum absolute atomic E-state index is 0.0189. The molecule has 0 amide bonds. The summed E-state index contributed by atoms with van der Waals surface area (Å²) in [5.74, 6) is 1.74. The molecule has 0 heterocycles. The van der Waals surface area contributed by atoms with Gasteiger partial charge in [-0.3, -0.25) is 0 Å². The molecular formula is C39H46O3Si. The Kier molecular flexibility index (Phi) is 7.82. The Morgan fingerprint density at radius 1 is 0.767 bits per heavy atom. The predicted octanol–water partition coefficient (Wildman–Crippen LogP) is 6.59. The maximum absolute atomic E-state index is 13.3. The van der Waals surface area contributed by atoms with Crippen molar-refractivity contribution >= 4 is 30.2 Å². The summed E-state index contributed by atoms with van der Waals surface area (Å²) in [5, 5.41) is 3.79. The van der Waals surface area contributed by atoms with Crippen LogP contribution in [0.25, 0.3) is 0 Å². The first-order valence-corrected chi connectivity index (χ1v) is 18.6. The number of allylic oxidation sites excluding steroid dienone is 1. The fourth-order valence-electron chi connectivity index (χ4n) is 10.1. The van der Waals surface area contributed by atoms with E-state index in [4.69, 9.17) is 9.16 Å². The quantitative estimate of drug-likeness (QED) is 0.129. The fraction of sp³-hybridized carbons (Fsp3) is 0.462. The van der Waals surface area contributed by atoms with Gasteiger partial charge in [-0.15, -0.1) is 0 Å². The van der Waals surface area contributed by atoms with E-state index in [0.717, 1.165) is 32.3 Å². The summed E-state index contributed by atoms with van der Waals surface area (Å²) in [7, 11) is -2.83. The van der Waals surface area contributed by atoms with E-state index in [-0.39, 0.29) is 16.9 Å². The maximum Gasteiger partial charge on any atom is 0.288 e. The molecule has 0 unspecified atom stereocenters. The van der Waals surface area contributed by atoms with Crippen molar-refractivity contribution in [2.24, 2.45) is 28.6 Å². The van der Waals surface area contributed by atoms with Crippen LogP contribution >= 0.6 is 0 Å². The molecule has 4 aliphatic rings. The number of rotatable bonds is 8. The molecule has 0 saturated heterocycles. The van der Waals surface area contributed by atoms with Gasteiger partial charge in [0.05, 0.1) is 17.6 Å². The van der Waals surface area contributed by atoms with Crippen molar-refractivity contribution in [2.45, 2.75) is 77.4 Å². The highest BCUT2D eigenvalue weighted by atomic mass is 28.4. The second kappa shape index (κ2) is 11.6. The standard InChI is InChI=1S/C39H46O3Si/c1-3-41-37-22-21-35-34-20-19-29-27-30(23-26-39(29,28-40)36(34)24-25-38(35,37)2)42-43(31-13-7-4-8-14-31,32-15-9-5-10-16-32)33-17-11-6-12-18-33/h4-18,27-28,30,34-37H,3,19-26H2,1-2H3/t30-,34-,35-,36-,37-,38-,39+/m0/s1. The molecule has 3 aromatic rings. The van der Waals surface area contributed by atoms with Crippen molar-refractivity contribution in [3.63, 3.8) is 0 Å². The molecule has 0 aromatic heterocycles. The molecule has 3 saturated carbocycles. The molecule has 3 fully saturated rings.